The molecular formula is C23H23ClFN5O. The predicted molar refractivity (Wildman–Crippen MR) is 118 cm³/mol. The summed E-state index contributed by atoms with van der Waals surface area (Å²) in [4.78, 5) is 28.2. The molecule has 31 heavy (non-hydrogen) atoms. The van der Waals surface area contributed by atoms with Gasteiger partial charge in [-0.25, -0.2) is 19.3 Å². The Kier molecular flexibility index (Phi) is 6.42. The third-order valence-corrected chi connectivity index (χ3v) is 5.84. The minimum absolute atomic E-state index is 0.0340. The molecule has 8 heteroatoms. The highest BCUT2D eigenvalue weighted by Crippen LogP contribution is 2.29. The Morgan fingerprint density at radius 3 is 2.77 bits per heavy atom. The van der Waals surface area contributed by atoms with E-state index in [2.05, 4.69) is 27.2 Å². The molecule has 2 atom stereocenters. The van der Waals surface area contributed by atoms with Crippen LogP contribution >= 0.6 is 11.6 Å². The molecule has 160 valence electrons. The van der Waals surface area contributed by atoms with Gasteiger partial charge in [0.1, 0.15) is 11.6 Å². The van der Waals surface area contributed by atoms with E-state index in [1.54, 1.807) is 30.7 Å². The van der Waals surface area contributed by atoms with Crippen molar-refractivity contribution in [1.82, 2.24) is 19.9 Å². The molecule has 1 fully saturated rings. The van der Waals surface area contributed by atoms with Gasteiger partial charge in [-0.1, -0.05) is 18.5 Å². The van der Waals surface area contributed by atoms with Crippen molar-refractivity contribution in [1.29, 1.82) is 0 Å². The van der Waals surface area contributed by atoms with Crippen molar-refractivity contribution in [3.8, 4) is 11.4 Å². The zero-order valence-electron chi connectivity index (χ0n) is 17.1. The fourth-order valence-electron chi connectivity index (χ4n) is 3.98. The molecule has 1 aliphatic rings. The number of rotatable bonds is 5. The Hall–Kier alpha value is -3.06. The van der Waals surface area contributed by atoms with Gasteiger partial charge in [0.25, 0.3) is 5.91 Å². The number of amides is 1. The second-order valence-corrected chi connectivity index (χ2v) is 8.13. The maximum absolute atomic E-state index is 14.0. The highest BCUT2D eigenvalue weighted by Gasteiger charge is 2.33. The lowest BCUT2D eigenvalue weighted by atomic mass is 9.89. The topological polar surface area (TPSA) is 71.0 Å². The average molecular weight is 440 g/mol. The van der Waals surface area contributed by atoms with Crippen molar-refractivity contribution in [3.63, 3.8) is 0 Å². The predicted octanol–water partition coefficient (Wildman–Crippen LogP) is 4.68. The molecule has 6 nitrogen and oxygen atoms in total. The van der Waals surface area contributed by atoms with Crippen molar-refractivity contribution in [2.75, 3.05) is 18.4 Å². The molecule has 0 spiro atoms. The standard InChI is InChI=1S/C23H23ClFN5O/c1-15-4-2-11-30(20(15)14-29-21-8-5-16(24)13-28-21)23(31)18-7-6-17(25)12-19(18)22-26-9-3-10-27-22/h3,5-10,12-13,15,20H,2,4,11,14H2,1H3,(H,28,29). The maximum atomic E-state index is 14.0. The molecule has 3 heterocycles. The number of nitrogens with one attached hydrogen (secondary N) is 1. The molecule has 1 aliphatic heterocycles. The molecule has 0 saturated carbocycles. The number of pyridine rings is 1. The summed E-state index contributed by atoms with van der Waals surface area (Å²) in [6, 6.07) is 9.38. The van der Waals surface area contributed by atoms with Crippen LogP contribution in [0.15, 0.2) is 55.0 Å². The second-order valence-electron chi connectivity index (χ2n) is 7.69. The summed E-state index contributed by atoms with van der Waals surface area (Å²) in [6.45, 7) is 3.34. The molecule has 4 rings (SSSR count). The third-order valence-electron chi connectivity index (χ3n) is 5.61. The Morgan fingerprint density at radius 1 is 1.23 bits per heavy atom. The van der Waals surface area contributed by atoms with Crippen molar-refractivity contribution >= 4 is 23.3 Å². The van der Waals surface area contributed by atoms with Crippen molar-refractivity contribution in [2.24, 2.45) is 5.92 Å². The van der Waals surface area contributed by atoms with Crippen LogP contribution in [0.1, 0.15) is 30.1 Å². The number of anilines is 1. The van der Waals surface area contributed by atoms with E-state index in [1.165, 1.54) is 18.2 Å². The normalized spacial score (nSPS) is 18.6. The largest absolute Gasteiger partial charge is 0.368 e. The number of carbonyl (C=O) groups is 1. The summed E-state index contributed by atoms with van der Waals surface area (Å²) in [6.07, 6.45) is 6.69. The monoisotopic (exact) mass is 439 g/mol. The number of hydrogen-bond donors (Lipinski definition) is 1. The molecule has 1 N–H and O–H groups in total. The first-order valence-corrected chi connectivity index (χ1v) is 10.6. The zero-order chi connectivity index (χ0) is 21.8. The summed E-state index contributed by atoms with van der Waals surface area (Å²) in [5, 5.41) is 3.89. The van der Waals surface area contributed by atoms with Crippen LogP contribution < -0.4 is 5.32 Å². The highest BCUT2D eigenvalue weighted by molar-refractivity contribution is 6.30. The molecule has 2 aromatic heterocycles. The van der Waals surface area contributed by atoms with Gasteiger partial charge in [0, 0.05) is 37.2 Å². The molecule has 1 aromatic carbocycles. The van der Waals surface area contributed by atoms with Crippen LogP contribution in [0.5, 0.6) is 0 Å². The van der Waals surface area contributed by atoms with Gasteiger partial charge in [-0.2, -0.15) is 0 Å². The van der Waals surface area contributed by atoms with E-state index in [4.69, 9.17) is 11.6 Å². The SMILES string of the molecule is CC1CCCN(C(=O)c2ccc(F)cc2-c2ncccn2)C1CNc1ccc(Cl)cn1. The van der Waals surface area contributed by atoms with Gasteiger partial charge < -0.3 is 10.2 Å². The number of hydrogen-bond acceptors (Lipinski definition) is 5. The van der Waals surface area contributed by atoms with Gasteiger partial charge >= 0.3 is 0 Å². The molecule has 1 saturated heterocycles. The molecule has 1 amide bonds. The van der Waals surface area contributed by atoms with E-state index in [1.807, 2.05) is 11.0 Å². The number of aromatic nitrogens is 3. The van der Waals surface area contributed by atoms with Crippen molar-refractivity contribution in [2.45, 2.75) is 25.8 Å². The number of nitrogens with zero attached hydrogens (tertiary/aromatic N) is 4. The van der Waals surface area contributed by atoms with Crippen molar-refractivity contribution < 1.29 is 9.18 Å². The first-order valence-electron chi connectivity index (χ1n) is 10.3. The van der Waals surface area contributed by atoms with Gasteiger partial charge in [-0.15, -0.1) is 0 Å². The fourth-order valence-corrected chi connectivity index (χ4v) is 4.09. The lowest BCUT2D eigenvalue weighted by Crippen LogP contribution is -2.51. The Morgan fingerprint density at radius 2 is 2.03 bits per heavy atom. The molecule has 3 aromatic rings. The van der Waals surface area contributed by atoms with Gasteiger partial charge in [0.05, 0.1) is 16.6 Å². The van der Waals surface area contributed by atoms with Gasteiger partial charge in [-0.05, 0) is 55.2 Å². The maximum Gasteiger partial charge on any atom is 0.254 e. The molecular weight excluding hydrogens is 417 g/mol. The van der Waals surface area contributed by atoms with E-state index >= 15 is 0 Å². The number of likely N-dealkylation sites (tertiary alicyclic amines) is 1. The molecule has 0 aliphatic carbocycles. The van der Waals surface area contributed by atoms with E-state index < -0.39 is 5.82 Å². The lowest BCUT2D eigenvalue weighted by Gasteiger charge is -2.40. The Bertz CT molecular complexity index is 1050. The van der Waals surface area contributed by atoms with E-state index in [0.29, 0.717) is 46.8 Å². The van der Waals surface area contributed by atoms with Crippen LogP contribution in [-0.2, 0) is 0 Å². The summed E-state index contributed by atoms with van der Waals surface area (Å²) >= 11 is 5.91. The van der Waals surface area contributed by atoms with Crippen molar-refractivity contribution in [3.05, 3.63) is 71.4 Å². The number of benzene rings is 1. The Balaban J connectivity index is 1.61. The Labute approximate surface area is 185 Å². The van der Waals surface area contributed by atoms with Crippen LogP contribution in [0.2, 0.25) is 5.02 Å². The van der Waals surface area contributed by atoms with Gasteiger partial charge in [-0.3, -0.25) is 4.79 Å². The van der Waals surface area contributed by atoms with Crippen LogP contribution in [-0.4, -0.2) is 44.9 Å². The first kappa shape index (κ1) is 21.2. The number of piperidine rings is 1. The minimum Gasteiger partial charge on any atom is -0.368 e. The molecule has 2 unspecified atom stereocenters. The zero-order valence-corrected chi connectivity index (χ0v) is 17.9. The van der Waals surface area contributed by atoms with Gasteiger partial charge in [0.2, 0.25) is 0 Å². The molecule has 0 radical (unpaired) electrons. The molecule has 0 bridgehead atoms. The smallest absolute Gasteiger partial charge is 0.254 e. The van der Waals surface area contributed by atoms with Crippen LogP contribution in [0.3, 0.4) is 0 Å². The summed E-state index contributed by atoms with van der Waals surface area (Å²) in [5.74, 6) is 0.752. The van der Waals surface area contributed by atoms with E-state index in [-0.39, 0.29) is 11.9 Å². The first-order chi connectivity index (χ1) is 15.0. The number of carbonyl (C=O) groups excluding carboxylic acids is 1. The minimum atomic E-state index is -0.432. The second kappa shape index (κ2) is 9.39. The summed E-state index contributed by atoms with van der Waals surface area (Å²) in [7, 11) is 0. The number of halogens is 2. The van der Waals surface area contributed by atoms with Crippen LogP contribution in [0.4, 0.5) is 10.2 Å². The highest BCUT2D eigenvalue weighted by atomic mass is 35.5. The lowest BCUT2D eigenvalue weighted by molar-refractivity contribution is 0.0540. The van der Waals surface area contributed by atoms with Crippen LogP contribution in [0, 0.1) is 11.7 Å². The van der Waals surface area contributed by atoms with Crippen LogP contribution in [0.25, 0.3) is 11.4 Å². The summed E-state index contributed by atoms with van der Waals surface area (Å²) < 4.78 is 14.0. The fraction of sp³-hybridized carbons (Fsp3) is 0.304. The van der Waals surface area contributed by atoms with E-state index in [0.717, 1.165) is 12.8 Å². The summed E-state index contributed by atoms with van der Waals surface area (Å²) in [5.41, 5.74) is 0.797. The average Bonchev–Trinajstić information content (AvgIpc) is 2.79. The van der Waals surface area contributed by atoms with Gasteiger partial charge in [0.15, 0.2) is 5.82 Å². The third kappa shape index (κ3) is 4.82. The van der Waals surface area contributed by atoms with E-state index in [9.17, 15) is 9.18 Å². The quantitative estimate of drug-likeness (QED) is 0.624.